The van der Waals surface area contributed by atoms with Crippen LogP contribution in [-0.2, 0) is 0 Å². The van der Waals surface area contributed by atoms with Gasteiger partial charge in [0.15, 0.2) is 0 Å². The number of nitrogens with one attached hydrogen (secondary N) is 1. The quantitative estimate of drug-likeness (QED) is 0.780. The van der Waals surface area contributed by atoms with Crippen LogP contribution in [0.3, 0.4) is 0 Å². The highest BCUT2D eigenvalue weighted by Crippen LogP contribution is 2.22. The topological polar surface area (TPSA) is 18.5 Å². The van der Waals surface area contributed by atoms with Crippen LogP contribution in [0.25, 0.3) is 0 Å². The maximum Gasteiger partial charge on any atom is 0.0235 e. The lowest BCUT2D eigenvalue weighted by atomic mass is 10.2. The molecule has 0 aromatic heterocycles. The van der Waals surface area contributed by atoms with E-state index in [4.69, 9.17) is 0 Å². The summed E-state index contributed by atoms with van der Waals surface area (Å²) in [4.78, 5) is 5.45. The normalized spacial score (nSPS) is 28.3. The third-order valence-electron chi connectivity index (χ3n) is 4.60. The lowest BCUT2D eigenvalue weighted by molar-refractivity contribution is 0.191. The molecule has 2 saturated heterocycles. The zero-order valence-electron chi connectivity index (χ0n) is 12.5. The first-order valence-electron chi connectivity index (χ1n) is 7.92. The van der Waals surface area contributed by atoms with Crippen LogP contribution in [0.15, 0.2) is 0 Å². The van der Waals surface area contributed by atoms with Gasteiger partial charge in [0.05, 0.1) is 0 Å². The largest absolute Gasteiger partial charge is 0.313 e. The van der Waals surface area contributed by atoms with Crippen molar-refractivity contribution in [3.8, 4) is 0 Å². The minimum Gasteiger partial charge on any atom is -0.313 e. The van der Waals surface area contributed by atoms with Gasteiger partial charge in [-0.1, -0.05) is 20.8 Å². The first-order chi connectivity index (χ1) is 8.70. The average Bonchev–Trinajstić information content (AvgIpc) is 2.99. The van der Waals surface area contributed by atoms with Gasteiger partial charge in [-0.05, 0) is 38.8 Å². The highest BCUT2D eigenvalue weighted by molar-refractivity contribution is 4.89. The molecule has 0 aromatic rings. The Morgan fingerprint density at radius 1 is 1.17 bits per heavy atom. The molecule has 1 N–H and O–H groups in total. The number of rotatable bonds is 6. The fourth-order valence-corrected chi connectivity index (χ4v) is 3.41. The molecule has 3 nitrogen and oxygen atoms in total. The van der Waals surface area contributed by atoms with Gasteiger partial charge < -0.3 is 5.32 Å². The molecule has 0 amide bonds. The van der Waals surface area contributed by atoms with Crippen molar-refractivity contribution in [1.82, 2.24) is 15.1 Å². The molecule has 2 aliphatic rings. The Morgan fingerprint density at radius 2 is 1.89 bits per heavy atom. The molecule has 3 heteroatoms. The summed E-state index contributed by atoms with van der Waals surface area (Å²) in [5, 5.41) is 3.60. The molecule has 0 saturated carbocycles. The predicted octanol–water partition coefficient (Wildman–Crippen LogP) is 1.93. The fourth-order valence-electron chi connectivity index (χ4n) is 3.41. The van der Waals surface area contributed by atoms with Crippen LogP contribution in [0, 0.1) is 0 Å². The summed E-state index contributed by atoms with van der Waals surface area (Å²) >= 11 is 0. The number of nitrogens with zero attached hydrogens (tertiary/aromatic N) is 2. The minimum absolute atomic E-state index is 0.607. The lowest BCUT2D eigenvalue weighted by Gasteiger charge is -2.29. The van der Waals surface area contributed by atoms with Crippen LogP contribution >= 0.6 is 0 Å². The van der Waals surface area contributed by atoms with Crippen molar-refractivity contribution < 1.29 is 0 Å². The van der Waals surface area contributed by atoms with Crippen LogP contribution in [0.1, 0.15) is 46.5 Å². The molecule has 106 valence electrons. The zero-order chi connectivity index (χ0) is 13.0. The van der Waals surface area contributed by atoms with Gasteiger partial charge in [0.25, 0.3) is 0 Å². The molecule has 2 heterocycles. The Bertz CT molecular complexity index is 236. The van der Waals surface area contributed by atoms with Crippen molar-refractivity contribution in [1.29, 1.82) is 0 Å². The van der Waals surface area contributed by atoms with E-state index in [1.165, 1.54) is 51.9 Å². The smallest absolute Gasteiger partial charge is 0.0235 e. The molecular formula is C15H31N3. The molecule has 2 aliphatic heterocycles. The third kappa shape index (κ3) is 3.69. The summed E-state index contributed by atoms with van der Waals surface area (Å²) in [5.41, 5.74) is 0. The average molecular weight is 253 g/mol. The molecule has 18 heavy (non-hydrogen) atoms. The molecule has 0 radical (unpaired) electrons. The van der Waals surface area contributed by atoms with E-state index >= 15 is 0 Å². The molecule has 2 unspecified atom stereocenters. The monoisotopic (exact) mass is 253 g/mol. The maximum atomic E-state index is 3.60. The van der Waals surface area contributed by atoms with E-state index in [1.54, 1.807) is 0 Å². The number of hydrogen-bond acceptors (Lipinski definition) is 3. The van der Waals surface area contributed by atoms with Crippen molar-refractivity contribution in [3.05, 3.63) is 0 Å². The number of likely N-dealkylation sites (tertiary alicyclic amines) is 2. The summed E-state index contributed by atoms with van der Waals surface area (Å²) < 4.78 is 0. The molecule has 0 aliphatic carbocycles. The Hall–Kier alpha value is -0.120. The molecule has 2 fully saturated rings. The van der Waals surface area contributed by atoms with Crippen LogP contribution in [-0.4, -0.2) is 60.6 Å². The highest BCUT2D eigenvalue weighted by atomic mass is 15.3. The highest BCUT2D eigenvalue weighted by Gasteiger charge is 2.31. The number of hydrogen-bond donors (Lipinski definition) is 1. The summed E-state index contributed by atoms with van der Waals surface area (Å²) in [6.45, 7) is 13.3. The second kappa shape index (κ2) is 6.88. The van der Waals surface area contributed by atoms with Gasteiger partial charge in [-0.25, -0.2) is 0 Å². The van der Waals surface area contributed by atoms with Crippen molar-refractivity contribution >= 4 is 0 Å². The van der Waals surface area contributed by atoms with Crippen molar-refractivity contribution in [2.45, 2.75) is 64.6 Å². The van der Waals surface area contributed by atoms with Crippen LogP contribution in [0.2, 0.25) is 0 Å². The molecule has 0 spiro atoms. The lowest BCUT2D eigenvalue weighted by Crippen LogP contribution is -2.44. The molecule has 0 aromatic carbocycles. The van der Waals surface area contributed by atoms with Gasteiger partial charge in [0, 0.05) is 37.8 Å². The van der Waals surface area contributed by atoms with E-state index in [0.29, 0.717) is 6.04 Å². The van der Waals surface area contributed by atoms with Gasteiger partial charge in [-0.15, -0.1) is 0 Å². The summed E-state index contributed by atoms with van der Waals surface area (Å²) in [6.07, 6.45) is 5.50. The van der Waals surface area contributed by atoms with E-state index < -0.39 is 0 Å². The van der Waals surface area contributed by atoms with Crippen LogP contribution < -0.4 is 5.32 Å². The Balaban J connectivity index is 1.78. The minimum atomic E-state index is 0.607. The van der Waals surface area contributed by atoms with E-state index in [2.05, 4.69) is 35.9 Å². The summed E-state index contributed by atoms with van der Waals surface area (Å²) in [7, 11) is 0. The van der Waals surface area contributed by atoms with Gasteiger partial charge in [0.2, 0.25) is 0 Å². The van der Waals surface area contributed by atoms with E-state index in [0.717, 1.165) is 18.6 Å². The predicted molar refractivity (Wildman–Crippen MR) is 78.0 cm³/mol. The van der Waals surface area contributed by atoms with Gasteiger partial charge in [-0.3, -0.25) is 9.80 Å². The second-order valence-electron chi connectivity index (χ2n) is 6.31. The van der Waals surface area contributed by atoms with Crippen LogP contribution in [0.5, 0.6) is 0 Å². The van der Waals surface area contributed by atoms with E-state index in [9.17, 15) is 0 Å². The maximum absolute atomic E-state index is 3.60. The van der Waals surface area contributed by atoms with E-state index in [1.807, 2.05) is 0 Å². The van der Waals surface area contributed by atoms with Crippen molar-refractivity contribution in [2.75, 3.05) is 32.7 Å². The van der Waals surface area contributed by atoms with Gasteiger partial charge >= 0.3 is 0 Å². The molecular weight excluding hydrogens is 222 g/mol. The summed E-state index contributed by atoms with van der Waals surface area (Å²) in [5.74, 6) is 0. The molecule has 2 atom stereocenters. The Labute approximate surface area is 113 Å². The summed E-state index contributed by atoms with van der Waals surface area (Å²) in [6, 6.07) is 2.19. The fraction of sp³-hybridized carbons (Fsp3) is 1.00. The third-order valence-corrected chi connectivity index (χ3v) is 4.60. The molecule has 0 bridgehead atoms. The van der Waals surface area contributed by atoms with Crippen molar-refractivity contribution in [3.63, 3.8) is 0 Å². The Kier molecular flexibility index (Phi) is 5.46. The van der Waals surface area contributed by atoms with E-state index in [-0.39, 0.29) is 0 Å². The zero-order valence-corrected chi connectivity index (χ0v) is 12.5. The first-order valence-corrected chi connectivity index (χ1v) is 7.92. The van der Waals surface area contributed by atoms with Gasteiger partial charge in [0.1, 0.15) is 0 Å². The van der Waals surface area contributed by atoms with Gasteiger partial charge in [-0.2, -0.15) is 0 Å². The second-order valence-corrected chi connectivity index (χ2v) is 6.31. The standard InChI is InChI=1S/C15H31N3/c1-4-14(11-16-13(2)3)18-10-7-15(12-18)17-8-5-6-9-17/h13-16H,4-12H2,1-3H3. The van der Waals surface area contributed by atoms with Crippen LogP contribution in [0.4, 0.5) is 0 Å². The Morgan fingerprint density at radius 3 is 2.50 bits per heavy atom. The molecule has 2 rings (SSSR count). The SMILES string of the molecule is CCC(CNC(C)C)N1CCC(N2CCCC2)C1. The van der Waals surface area contributed by atoms with Crippen molar-refractivity contribution in [2.24, 2.45) is 0 Å². The first kappa shape index (κ1) is 14.3.